The Morgan fingerprint density at radius 3 is 2.71 bits per heavy atom. The fourth-order valence-corrected chi connectivity index (χ4v) is 3.54. The standard InChI is InChI=1S/C15H21N5O3S/c1-3-19-10-14(17-11(19)2)24(22,23)16-8-9-20-15(21)7-6-13(18-20)12-4-5-12/h6-7,10,12,16H,3-5,8-9H2,1-2H3. The van der Waals surface area contributed by atoms with E-state index in [1.165, 1.54) is 16.9 Å². The highest BCUT2D eigenvalue weighted by atomic mass is 32.2. The van der Waals surface area contributed by atoms with Crippen molar-refractivity contribution in [3.8, 4) is 0 Å². The Labute approximate surface area is 140 Å². The zero-order chi connectivity index (χ0) is 17.3. The smallest absolute Gasteiger partial charge is 0.266 e. The average Bonchev–Trinajstić information content (AvgIpc) is 3.31. The van der Waals surface area contributed by atoms with Crippen LogP contribution in [0.15, 0.2) is 28.2 Å². The van der Waals surface area contributed by atoms with E-state index in [0.717, 1.165) is 18.5 Å². The Bertz CT molecular complexity index is 896. The van der Waals surface area contributed by atoms with Crippen LogP contribution in [0, 0.1) is 6.92 Å². The van der Waals surface area contributed by atoms with E-state index >= 15 is 0 Å². The number of nitrogens with zero attached hydrogens (tertiary/aromatic N) is 4. The maximum Gasteiger partial charge on any atom is 0.266 e. The largest absolute Gasteiger partial charge is 0.334 e. The van der Waals surface area contributed by atoms with Crippen molar-refractivity contribution in [3.63, 3.8) is 0 Å². The average molecular weight is 351 g/mol. The summed E-state index contributed by atoms with van der Waals surface area (Å²) in [7, 11) is -3.69. The Balaban J connectivity index is 1.67. The molecule has 24 heavy (non-hydrogen) atoms. The van der Waals surface area contributed by atoms with Gasteiger partial charge in [0.1, 0.15) is 5.82 Å². The molecule has 0 bridgehead atoms. The van der Waals surface area contributed by atoms with Gasteiger partial charge in [-0.1, -0.05) is 0 Å². The van der Waals surface area contributed by atoms with Gasteiger partial charge in [0.15, 0.2) is 5.03 Å². The lowest BCUT2D eigenvalue weighted by Crippen LogP contribution is -2.32. The van der Waals surface area contributed by atoms with E-state index in [9.17, 15) is 13.2 Å². The van der Waals surface area contributed by atoms with Crippen LogP contribution in [-0.4, -0.2) is 34.3 Å². The van der Waals surface area contributed by atoms with Gasteiger partial charge < -0.3 is 4.57 Å². The summed E-state index contributed by atoms with van der Waals surface area (Å²) < 4.78 is 30.1. The third-order valence-electron chi connectivity index (χ3n) is 4.07. The lowest BCUT2D eigenvalue weighted by Gasteiger charge is -2.07. The van der Waals surface area contributed by atoms with Crippen molar-refractivity contribution in [2.45, 2.75) is 50.7 Å². The second-order valence-electron chi connectivity index (χ2n) is 5.90. The van der Waals surface area contributed by atoms with Gasteiger partial charge in [0.05, 0.1) is 12.2 Å². The van der Waals surface area contributed by atoms with Crippen LogP contribution in [-0.2, 0) is 23.1 Å². The van der Waals surface area contributed by atoms with Gasteiger partial charge in [-0.2, -0.15) is 5.10 Å². The number of hydrogen-bond acceptors (Lipinski definition) is 5. The molecule has 0 radical (unpaired) electrons. The summed E-state index contributed by atoms with van der Waals surface area (Å²) in [6, 6.07) is 3.24. The third-order valence-corrected chi connectivity index (χ3v) is 5.40. The molecule has 130 valence electrons. The first-order chi connectivity index (χ1) is 11.4. The number of sulfonamides is 1. The van der Waals surface area contributed by atoms with Crippen molar-refractivity contribution in [2.24, 2.45) is 0 Å². The summed E-state index contributed by atoms with van der Waals surface area (Å²) >= 11 is 0. The van der Waals surface area contributed by atoms with Crippen molar-refractivity contribution < 1.29 is 8.42 Å². The number of hydrogen-bond donors (Lipinski definition) is 1. The van der Waals surface area contributed by atoms with Crippen molar-refractivity contribution >= 4 is 10.0 Å². The fourth-order valence-electron chi connectivity index (χ4n) is 2.51. The van der Waals surface area contributed by atoms with E-state index < -0.39 is 10.0 Å². The van der Waals surface area contributed by atoms with Gasteiger partial charge in [-0.15, -0.1) is 0 Å². The topological polar surface area (TPSA) is 98.9 Å². The minimum atomic E-state index is -3.69. The summed E-state index contributed by atoms with van der Waals surface area (Å²) in [6.07, 6.45) is 3.70. The Kier molecular flexibility index (Phi) is 4.55. The Morgan fingerprint density at radius 1 is 1.33 bits per heavy atom. The van der Waals surface area contributed by atoms with E-state index in [1.807, 2.05) is 6.92 Å². The first kappa shape index (κ1) is 16.8. The molecule has 1 aliphatic rings. The van der Waals surface area contributed by atoms with Crippen LogP contribution in [0.25, 0.3) is 0 Å². The predicted molar refractivity (Wildman–Crippen MR) is 88.3 cm³/mol. The van der Waals surface area contributed by atoms with E-state index in [2.05, 4.69) is 14.8 Å². The van der Waals surface area contributed by atoms with Crippen LogP contribution in [0.4, 0.5) is 0 Å². The summed E-state index contributed by atoms with van der Waals surface area (Å²) in [4.78, 5) is 15.9. The highest BCUT2D eigenvalue weighted by Crippen LogP contribution is 2.38. The molecule has 2 aromatic rings. The molecule has 8 nitrogen and oxygen atoms in total. The van der Waals surface area contributed by atoms with Gasteiger partial charge in [0, 0.05) is 31.3 Å². The van der Waals surface area contributed by atoms with E-state index in [1.54, 1.807) is 17.6 Å². The van der Waals surface area contributed by atoms with Gasteiger partial charge >= 0.3 is 0 Å². The molecule has 2 aromatic heterocycles. The second kappa shape index (κ2) is 6.48. The molecule has 0 unspecified atom stereocenters. The van der Waals surface area contributed by atoms with E-state index in [0.29, 0.717) is 18.3 Å². The molecular formula is C15H21N5O3S. The normalized spacial score (nSPS) is 14.9. The minimum Gasteiger partial charge on any atom is -0.334 e. The molecule has 0 atom stereocenters. The number of nitrogens with one attached hydrogen (secondary N) is 1. The lowest BCUT2D eigenvalue weighted by molar-refractivity contribution is 0.539. The SMILES string of the molecule is CCn1cc(S(=O)(=O)NCCn2nc(C3CC3)ccc2=O)nc1C. The van der Waals surface area contributed by atoms with Crippen molar-refractivity contribution in [1.29, 1.82) is 0 Å². The summed E-state index contributed by atoms with van der Waals surface area (Å²) in [6.45, 7) is 4.61. The van der Waals surface area contributed by atoms with Gasteiger partial charge in [0.25, 0.3) is 15.6 Å². The zero-order valence-corrected chi connectivity index (χ0v) is 14.6. The van der Waals surface area contributed by atoms with Crippen molar-refractivity contribution in [3.05, 3.63) is 40.2 Å². The molecule has 1 saturated carbocycles. The van der Waals surface area contributed by atoms with E-state index in [4.69, 9.17) is 0 Å². The molecule has 1 aliphatic carbocycles. The van der Waals surface area contributed by atoms with Crippen LogP contribution in [0.2, 0.25) is 0 Å². The highest BCUT2D eigenvalue weighted by Gasteiger charge is 2.25. The minimum absolute atomic E-state index is 0.00566. The molecule has 2 heterocycles. The Hall–Kier alpha value is -2.00. The number of aromatic nitrogens is 4. The molecule has 0 aromatic carbocycles. The molecule has 0 saturated heterocycles. The first-order valence-corrected chi connectivity index (χ1v) is 9.50. The molecule has 1 fully saturated rings. The number of imidazole rings is 1. The molecule has 0 aliphatic heterocycles. The molecule has 9 heteroatoms. The maximum atomic E-state index is 12.3. The summed E-state index contributed by atoms with van der Waals surface area (Å²) in [5.74, 6) is 1.09. The van der Waals surface area contributed by atoms with E-state index in [-0.39, 0.29) is 23.7 Å². The number of aryl methyl sites for hydroxylation is 2. The monoisotopic (exact) mass is 351 g/mol. The zero-order valence-electron chi connectivity index (χ0n) is 13.8. The fraction of sp³-hybridized carbons (Fsp3) is 0.533. The van der Waals surface area contributed by atoms with Crippen molar-refractivity contribution in [2.75, 3.05) is 6.54 Å². The van der Waals surface area contributed by atoms with Gasteiger partial charge in [-0.25, -0.2) is 22.8 Å². The maximum absolute atomic E-state index is 12.3. The summed E-state index contributed by atoms with van der Waals surface area (Å²) in [5.41, 5.74) is 0.666. The van der Waals surface area contributed by atoms with Gasteiger partial charge in [-0.3, -0.25) is 4.79 Å². The number of rotatable bonds is 7. The molecule has 3 rings (SSSR count). The van der Waals surface area contributed by atoms with Crippen LogP contribution in [0.5, 0.6) is 0 Å². The highest BCUT2D eigenvalue weighted by molar-refractivity contribution is 7.89. The molecular weight excluding hydrogens is 330 g/mol. The summed E-state index contributed by atoms with van der Waals surface area (Å²) in [5, 5.41) is 4.30. The molecule has 0 spiro atoms. The van der Waals surface area contributed by atoms with Crippen LogP contribution in [0.1, 0.15) is 37.2 Å². The third kappa shape index (κ3) is 3.57. The van der Waals surface area contributed by atoms with Crippen LogP contribution >= 0.6 is 0 Å². The second-order valence-corrected chi connectivity index (χ2v) is 7.62. The predicted octanol–water partition coefficient (Wildman–Crippen LogP) is 0.624. The lowest BCUT2D eigenvalue weighted by atomic mass is 10.3. The first-order valence-electron chi connectivity index (χ1n) is 8.02. The Morgan fingerprint density at radius 2 is 2.08 bits per heavy atom. The van der Waals surface area contributed by atoms with Gasteiger partial charge in [-0.05, 0) is 32.8 Å². The van der Waals surface area contributed by atoms with Gasteiger partial charge in [0.2, 0.25) is 0 Å². The quantitative estimate of drug-likeness (QED) is 0.788. The van der Waals surface area contributed by atoms with Crippen molar-refractivity contribution in [1.82, 2.24) is 24.1 Å². The van der Waals surface area contributed by atoms with Crippen LogP contribution in [0.3, 0.4) is 0 Å². The van der Waals surface area contributed by atoms with Crippen LogP contribution < -0.4 is 10.3 Å². The molecule has 1 N–H and O–H groups in total. The molecule has 0 amide bonds.